The number of H-pyrrole nitrogens is 1. The van der Waals surface area contributed by atoms with Crippen LogP contribution in [0.25, 0.3) is 11.1 Å². The third-order valence-corrected chi connectivity index (χ3v) is 2.29. The van der Waals surface area contributed by atoms with E-state index in [9.17, 15) is 0 Å². The van der Waals surface area contributed by atoms with Crippen LogP contribution in [-0.4, -0.2) is 17.2 Å². The Morgan fingerprint density at radius 1 is 1.25 bits per heavy atom. The number of nitrogens with zero attached hydrogens (tertiary/aromatic N) is 1. The molecule has 4 heteroatoms. The van der Waals surface area contributed by atoms with Gasteiger partial charge >= 0.3 is 0 Å². The Bertz CT molecular complexity index is 511. The second kappa shape index (κ2) is 4.44. The molecule has 4 N–H and O–H groups in total. The molecule has 0 amide bonds. The normalized spacial score (nSPS) is 11.4. The van der Waals surface area contributed by atoms with Crippen LogP contribution in [0.1, 0.15) is 5.69 Å². The first-order chi connectivity index (χ1) is 7.83. The van der Waals surface area contributed by atoms with Gasteiger partial charge in [-0.25, -0.2) is 4.99 Å². The maximum atomic E-state index is 6.90. The lowest BCUT2D eigenvalue weighted by molar-refractivity contribution is 1.34. The quantitative estimate of drug-likeness (QED) is 0.528. The number of rotatable bonds is 3. The molecular weight excluding hydrogens is 200 g/mol. The Kier molecular flexibility index (Phi) is 2.82. The molecule has 0 atom stereocenters. The molecule has 0 saturated carbocycles. The van der Waals surface area contributed by atoms with Gasteiger partial charge in [0.25, 0.3) is 0 Å². The van der Waals surface area contributed by atoms with E-state index in [1.165, 1.54) is 0 Å². The van der Waals surface area contributed by atoms with Crippen LogP contribution >= 0.6 is 0 Å². The van der Waals surface area contributed by atoms with Crippen LogP contribution in [0.15, 0.2) is 47.6 Å². The van der Waals surface area contributed by atoms with Crippen molar-refractivity contribution < 1.29 is 0 Å². The maximum absolute atomic E-state index is 6.90. The minimum absolute atomic E-state index is 0.318. The van der Waals surface area contributed by atoms with Gasteiger partial charge in [0.1, 0.15) is 12.2 Å². The van der Waals surface area contributed by atoms with Crippen molar-refractivity contribution in [3.8, 4) is 11.1 Å². The molecule has 0 bridgehead atoms. The molecular formula is C12H12N4. The van der Waals surface area contributed by atoms with Gasteiger partial charge in [0.15, 0.2) is 0 Å². The van der Waals surface area contributed by atoms with E-state index in [0.29, 0.717) is 5.84 Å². The van der Waals surface area contributed by atoms with Gasteiger partial charge in [-0.05, 0) is 11.6 Å². The van der Waals surface area contributed by atoms with Gasteiger partial charge < -0.3 is 10.7 Å². The van der Waals surface area contributed by atoms with E-state index in [-0.39, 0.29) is 0 Å². The van der Waals surface area contributed by atoms with Gasteiger partial charge in [0, 0.05) is 11.8 Å². The molecule has 0 spiro atoms. The molecule has 0 aliphatic carbocycles. The van der Waals surface area contributed by atoms with Crippen LogP contribution in [0, 0.1) is 5.41 Å². The average molecular weight is 212 g/mol. The third-order valence-electron chi connectivity index (χ3n) is 2.29. The van der Waals surface area contributed by atoms with Crippen LogP contribution in [0.4, 0.5) is 0 Å². The fraction of sp³-hybridized carbons (Fsp3) is 0. The summed E-state index contributed by atoms with van der Waals surface area (Å²) in [4.78, 5) is 6.79. The van der Waals surface area contributed by atoms with Crippen LogP contribution < -0.4 is 5.73 Å². The number of hydrogen-bond acceptors (Lipinski definition) is 1. The Morgan fingerprint density at radius 3 is 2.69 bits per heavy atom. The molecule has 1 aromatic heterocycles. The zero-order valence-corrected chi connectivity index (χ0v) is 8.64. The van der Waals surface area contributed by atoms with Gasteiger partial charge in [0.05, 0.1) is 5.69 Å². The summed E-state index contributed by atoms with van der Waals surface area (Å²) < 4.78 is 0. The largest absolute Gasteiger partial charge is 0.382 e. The first-order valence-corrected chi connectivity index (χ1v) is 4.88. The lowest BCUT2D eigenvalue weighted by Gasteiger charge is -2.02. The minimum Gasteiger partial charge on any atom is -0.382 e. The highest BCUT2D eigenvalue weighted by Crippen LogP contribution is 2.22. The second-order valence-corrected chi connectivity index (χ2v) is 3.28. The number of benzene rings is 1. The smallest absolute Gasteiger partial charge is 0.149 e. The summed E-state index contributed by atoms with van der Waals surface area (Å²) in [5.74, 6) is 0.318. The summed E-state index contributed by atoms with van der Waals surface area (Å²) in [6, 6.07) is 11.8. The Morgan fingerprint density at radius 2 is 2.00 bits per heavy atom. The van der Waals surface area contributed by atoms with E-state index in [2.05, 4.69) is 9.98 Å². The van der Waals surface area contributed by atoms with E-state index in [1.807, 2.05) is 42.6 Å². The number of amidine groups is 1. The van der Waals surface area contributed by atoms with E-state index in [0.717, 1.165) is 23.2 Å². The number of nitrogens with two attached hydrogens (primary N) is 1. The highest BCUT2D eigenvalue weighted by Gasteiger charge is 2.08. The lowest BCUT2D eigenvalue weighted by Crippen LogP contribution is -2.14. The Balaban J connectivity index is 2.48. The first-order valence-electron chi connectivity index (χ1n) is 4.88. The molecule has 1 aromatic carbocycles. The van der Waals surface area contributed by atoms with Gasteiger partial charge in [-0.15, -0.1) is 0 Å². The van der Waals surface area contributed by atoms with Crippen molar-refractivity contribution in [1.29, 1.82) is 5.41 Å². The van der Waals surface area contributed by atoms with Crippen molar-refractivity contribution in [1.82, 2.24) is 4.98 Å². The van der Waals surface area contributed by atoms with Crippen molar-refractivity contribution in [2.24, 2.45) is 10.7 Å². The summed E-state index contributed by atoms with van der Waals surface area (Å²) in [7, 11) is 0. The topological polar surface area (TPSA) is 78.0 Å². The number of aromatic amines is 1. The van der Waals surface area contributed by atoms with E-state index >= 15 is 0 Å². The molecule has 1 heterocycles. The Labute approximate surface area is 93.3 Å². The number of aromatic nitrogens is 1. The fourth-order valence-corrected chi connectivity index (χ4v) is 1.57. The lowest BCUT2D eigenvalue weighted by atomic mass is 10.1. The fourth-order valence-electron chi connectivity index (χ4n) is 1.57. The highest BCUT2D eigenvalue weighted by atomic mass is 14.9. The molecule has 4 nitrogen and oxygen atoms in total. The molecule has 0 unspecified atom stereocenters. The van der Waals surface area contributed by atoms with Gasteiger partial charge in [-0.3, -0.25) is 5.41 Å². The predicted octanol–water partition coefficient (Wildman–Crippen LogP) is 1.99. The number of hydrogen-bond donors (Lipinski definition) is 3. The standard InChI is InChI=1S/C12H12N4/c13-8-16-12(14)11-10(6-7-15-11)9-4-2-1-3-5-9/h1-8,15H,(H3,13,14,16). The van der Waals surface area contributed by atoms with Crippen LogP contribution in [0.2, 0.25) is 0 Å². The van der Waals surface area contributed by atoms with Crippen molar-refractivity contribution in [3.05, 3.63) is 48.3 Å². The van der Waals surface area contributed by atoms with E-state index < -0.39 is 0 Å². The summed E-state index contributed by atoms with van der Waals surface area (Å²) in [5, 5.41) is 6.90. The first kappa shape index (κ1) is 10.2. The molecule has 0 fully saturated rings. The zero-order valence-electron chi connectivity index (χ0n) is 8.64. The highest BCUT2D eigenvalue weighted by molar-refractivity contribution is 6.04. The predicted molar refractivity (Wildman–Crippen MR) is 65.7 cm³/mol. The van der Waals surface area contributed by atoms with Crippen LogP contribution in [0.3, 0.4) is 0 Å². The van der Waals surface area contributed by atoms with Gasteiger partial charge in [0.2, 0.25) is 0 Å². The molecule has 0 aliphatic heterocycles. The summed E-state index contributed by atoms with van der Waals surface area (Å²) in [6.45, 7) is 0. The molecule has 2 rings (SSSR count). The van der Waals surface area contributed by atoms with Crippen LogP contribution in [0.5, 0.6) is 0 Å². The van der Waals surface area contributed by atoms with Gasteiger partial charge in [-0.1, -0.05) is 30.3 Å². The van der Waals surface area contributed by atoms with Crippen molar-refractivity contribution >= 4 is 12.2 Å². The zero-order chi connectivity index (χ0) is 11.4. The van der Waals surface area contributed by atoms with Crippen LogP contribution in [-0.2, 0) is 0 Å². The van der Waals surface area contributed by atoms with Crippen molar-refractivity contribution in [2.45, 2.75) is 0 Å². The average Bonchev–Trinajstić information content (AvgIpc) is 2.79. The molecule has 80 valence electrons. The summed E-state index contributed by atoms with van der Waals surface area (Å²) in [6.07, 6.45) is 2.74. The number of aliphatic imine (C=N–C) groups is 1. The molecule has 0 radical (unpaired) electrons. The molecule has 16 heavy (non-hydrogen) atoms. The molecule has 0 aliphatic rings. The SMILES string of the molecule is N=CN=C(N)c1[nH]ccc1-c1ccccc1. The van der Waals surface area contributed by atoms with Crippen molar-refractivity contribution in [2.75, 3.05) is 0 Å². The molecule has 2 aromatic rings. The van der Waals surface area contributed by atoms with E-state index in [4.69, 9.17) is 11.1 Å². The van der Waals surface area contributed by atoms with Crippen molar-refractivity contribution in [3.63, 3.8) is 0 Å². The number of nitrogens with one attached hydrogen (secondary N) is 2. The third kappa shape index (κ3) is 1.86. The Hall–Kier alpha value is -2.36. The maximum Gasteiger partial charge on any atom is 0.149 e. The minimum atomic E-state index is 0.318. The monoisotopic (exact) mass is 212 g/mol. The summed E-state index contributed by atoms with van der Waals surface area (Å²) in [5.41, 5.74) is 8.56. The summed E-state index contributed by atoms with van der Waals surface area (Å²) >= 11 is 0. The van der Waals surface area contributed by atoms with Gasteiger partial charge in [-0.2, -0.15) is 0 Å². The second-order valence-electron chi connectivity index (χ2n) is 3.28. The molecule has 0 saturated heterocycles. The van der Waals surface area contributed by atoms with E-state index in [1.54, 1.807) is 0 Å².